The molecule has 1 atom stereocenters. The smallest absolute Gasteiger partial charge is 0.370 e. The summed E-state index contributed by atoms with van der Waals surface area (Å²) in [5, 5.41) is 3.60. The molecule has 0 spiro atoms. The summed E-state index contributed by atoms with van der Waals surface area (Å²) in [5.41, 5.74) is 0.717. The minimum Gasteiger partial charge on any atom is -0.370 e. The molecule has 7 heteroatoms. The van der Waals surface area contributed by atoms with Gasteiger partial charge in [-0.2, -0.15) is 13.2 Å². The fourth-order valence-corrected chi connectivity index (χ4v) is 1.67. The SMILES string of the molecule is CNC(COCC(F)(F)F)c1ccc(Cl)c(Cl)c1. The van der Waals surface area contributed by atoms with Crippen LogP contribution in [0.3, 0.4) is 0 Å². The normalized spacial score (nSPS) is 13.7. The number of ether oxygens (including phenoxy) is 1. The average molecular weight is 302 g/mol. The molecule has 0 aliphatic heterocycles. The van der Waals surface area contributed by atoms with Crippen molar-refractivity contribution in [2.24, 2.45) is 0 Å². The van der Waals surface area contributed by atoms with Gasteiger partial charge in [-0.15, -0.1) is 0 Å². The van der Waals surface area contributed by atoms with E-state index in [0.717, 1.165) is 0 Å². The van der Waals surface area contributed by atoms with Gasteiger partial charge in [0.25, 0.3) is 0 Å². The number of likely N-dealkylation sites (N-methyl/N-ethyl adjacent to an activating group) is 1. The Labute approximate surface area is 113 Å². The predicted octanol–water partition coefficient (Wildman–Crippen LogP) is 3.83. The standard InChI is InChI=1S/C11H12Cl2F3NO/c1-17-10(5-18-6-11(14,15)16)7-2-3-8(12)9(13)4-7/h2-4,10,17H,5-6H2,1H3. The molecule has 0 heterocycles. The van der Waals surface area contributed by atoms with Crippen molar-refractivity contribution in [1.29, 1.82) is 0 Å². The van der Waals surface area contributed by atoms with Gasteiger partial charge in [-0.05, 0) is 24.7 Å². The molecular formula is C11H12Cl2F3NO. The minimum atomic E-state index is -4.32. The first-order valence-electron chi connectivity index (χ1n) is 5.10. The van der Waals surface area contributed by atoms with E-state index < -0.39 is 12.8 Å². The molecule has 0 aliphatic rings. The fraction of sp³-hybridized carbons (Fsp3) is 0.455. The van der Waals surface area contributed by atoms with Crippen LogP contribution in [0.4, 0.5) is 13.2 Å². The van der Waals surface area contributed by atoms with E-state index in [1.165, 1.54) is 0 Å². The molecule has 1 aromatic carbocycles. The lowest BCUT2D eigenvalue weighted by Crippen LogP contribution is -2.25. The first-order chi connectivity index (χ1) is 8.33. The zero-order valence-corrected chi connectivity index (χ0v) is 11.0. The van der Waals surface area contributed by atoms with Crippen LogP contribution in [0.5, 0.6) is 0 Å². The van der Waals surface area contributed by atoms with Crippen molar-refractivity contribution in [3.8, 4) is 0 Å². The molecule has 1 unspecified atom stereocenters. The minimum absolute atomic E-state index is 0.103. The number of nitrogens with one attached hydrogen (secondary N) is 1. The lowest BCUT2D eigenvalue weighted by atomic mass is 10.1. The Morgan fingerprint density at radius 1 is 1.28 bits per heavy atom. The fourth-order valence-electron chi connectivity index (χ4n) is 1.37. The molecule has 0 aromatic heterocycles. The van der Waals surface area contributed by atoms with Gasteiger partial charge in [0, 0.05) is 0 Å². The molecule has 0 radical (unpaired) electrons. The van der Waals surface area contributed by atoms with Gasteiger partial charge in [-0.3, -0.25) is 0 Å². The molecule has 0 amide bonds. The van der Waals surface area contributed by atoms with Gasteiger partial charge in [0.15, 0.2) is 0 Å². The second-order valence-electron chi connectivity index (χ2n) is 3.65. The predicted molar refractivity (Wildman–Crippen MR) is 65.1 cm³/mol. The van der Waals surface area contributed by atoms with Crippen LogP contribution in [-0.2, 0) is 4.74 Å². The summed E-state index contributed by atoms with van der Waals surface area (Å²) in [6.45, 7) is -1.37. The molecule has 1 aromatic rings. The highest BCUT2D eigenvalue weighted by molar-refractivity contribution is 6.42. The van der Waals surface area contributed by atoms with E-state index in [0.29, 0.717) is 15.6 Å². The van der Waals surface area contributed by atoms with Crippen molar-refractivity contribution in [1.82, 2.24) is 5.32 Å². The quantitative estimate of drug-likeness (QED) is 0.892. The second kappa shape index (κ2) is 6.61. The van der Waals surface area contributed by atoms with Gasteiger partial charge in [0.2, 0.25) is 0 Å². The third-order valence-electron chi connectivity index (χ3n) is 2.24. The summed E-state index contributed by atoms with van der Waals surface area (Å²) in [6.07, 6.45) is -4.32. The van der Waals surface area contributed by atoms with Gasteiger partial charge in [-0.25, -0.2) is 0 Å². The van der Waals surface area contributed by atoms with E-state index >= 15 is 0 Å². The molecule has 0 fully saturated rings. The van der Waals surface area contributed by atoms with Crippen LogP contribution in [-0.4, -0.2) is 26.4 Å². The maximum Gasteiger partial charge on any atom is 0.411 e. The van der Waals surface area contributed by atoms with Crippen molar-refractivity contribution in [3.63, 3.8) is 0 Å². The average Bonchev–Trinajstić information content (AvgIpc) is 2.27. The Hall–Kier alpha value is -0.490. The zero-order valence-electron chi connectivity index (χ0n) is 9.52. The molecule has 2 nitrogen and oxygen atoms in total. The Kier molecular flexibility index (Phi) is 5.72. The third kappa shape index (κ3) is 5.02. The van der Waals surface area contributed by atoms with Gasteiger partial charge in [0.05, 0.1) is 22.7 Å². The lowest BCUT2D eigenvalue weighted by Gasteiger charge is -2.18. The highest BCUT2D eigenvalue weighted by atomic mass is 35.5. The summed E-state index contributed by atoms with van der Waals surface area (Å²) in [4.78, 5) is 0. The maximum absolute atomic E-state index is 11.9. The Balaban J connectivity index is 2.63. The molecule has 18 heavy (non-hydrogen) atoms. The summed E-state index contributed by atoms with van der Waals surface area (Å²) in [6, 6.07) is 4.50. The van der Waals surface area contributed by atoms with Gasteiger partial charge in [-0.1, -0.05) is 29.3 Å². The van der Waals surface area contributed by atoms with E-state index in [4.69, 9.17) is 23.2 Å². The van der Waals surface area contributed by atoms with E-state index in [1.807, 2.05) is 0 Å². The summed E-state index contributed by atoms with van der Waals surface area (Å²) >= 11 is 11.6. The van der Waals surface area contributed by atoms with Crippen LogP contribution in [0.25, 0.3) is 0 Å². The second-order valence-corrected chi connectivity index (χ2v) is 4.46. The van der Waals surface area contributed by atoms with Crippen LogP contribution in [0.1, 0.15) is 11.6 Å². The van der Waals surface area contributed by atoms with Crippen LogP contribution < -0.4 is 5.32 Å². The lowest BCUT2D eigenvalue weighted by molar-refractivity contribution is -0.175. The molecule has 102 valence electrons. The van der Waals surface area contributed by atoms with E-state index in [9.17, 15) is 13.2 Å². The number of hydrogen-bond acceptors (Lipinski definition) is 2. The monoisotopic (exact) mass is 301 g/mol. The largest absolute Gasteiger partial charge is 0.411 e. The Morgan fingerprint density at radius 3 is 2.44 bits per heavy atom. The Bertz CT molecular complexity index is 398. The van der Waals surface area contributed by atoms with Crippen molar-refractivity contribution in [2.45, 2.75) is 12.2 Å². The van der Waals surface area contributed by atoms with Crippen molar-refractivity contribution in [3.05, 3.63) is 33.8 Å². The van der Waals surface area contributed by atoms with Crippen LogP contribution >= 0.6 is 23.2 Å². The van der Waals surface area contributed by atoms with Crippen molar-refractivity contribution < 1.29 is 17.9 Å². The third-order valence-corrected chi connectivity index (χ3v) is 2.98. The van der Waals surface area contributed by atoms with Crippen LogP contribution in [0.15, 0.2) is 18.2 Å². The molecule has 0 bridgehead atoms. The molecular weight excluding hydrogens is 290 g/mol. The van der Waals surface area contributed by atoms with Gasteiger partial charge in [0.1, 0.15) is 6.61 Å². The van der Waals surface area contributed by atoms with Gasteiger partial charge < -0.3 is 10.1 Å². The number of halogens is 5. The molecule has 1 N–H and O–H groups in total. The number of alkyl halides is 3. The zero-order chi connectivity index (χ0) is 13.8. The van der Waals surface area contributed by atoms with E-state index in [2.05, 4.69) is 10.1 Å². The number of benzene rings is 1. The van der Waals surface area contributed by atoms with Gasteiger partial charge >= 0.3 is 6.18 Å². The molecule has 0 saturated carbocycles. The van der Waals surface area contributed by atoms with Crippen molar-refractivity contribution in [2.75, 3.05) is 20.3 Å². The summed E-state index contributed by atoms with van der Waals surface area (Å²) in [7, 11) is 1.63. The molecule has 1 rings (SSSR count). The first-order valence-corrected chi connectivity index (χ1v) is 5.86. The Morgan fingerprint density at radius 2 is 1.94 bits per heavy atom. The number of rotatable bonds is 5. The van der Waals surface area contributed by atoms with Crippen molar-refractivity contribution >= 4 is 23.2 Å². The van der Waals surface area contributed by atoms with E-state index in [-0.39, 0.29) is 12.6 Å². The summed E-state index contributed by atoms with van der Waals surface area (Å²) < 4.78 is 40.4. The van der Waals surface area contributed by atoms with E-state index in [1.54, 1.807) is 25.2 Å². The summed E-state index contributed by atoms with van der Waals surface area (Å²) in [5.74, 6) is 0. The topological polar surface area (TPSA) is 21.3 Å². The highest BCUT2D eigenvalue weighted by Gasteiger charge is 2.28. The molecule has 0 saturated heterocycles. The molecule has 0 aliphatic carbocycles. The van der Waals surface area contributed by atoms with Crippen LogP contribution in [0, 0.1) is 0 Å². The maximum atomic E-state index is 11.9. The highest BCUT2D eigenvalue weighted by Crippen LogP contribution is 2.26. The number of hydrogen-bond donors (Lipinski definition) is 1. The van der Waals surface area contributed by atoms with Crippen LogP contribution in [0.2, 0.25) is 10.0 Å². The first kappa shape index (κ1) is 15.6.